The number of H-pyrrole nitrogens is 1. The Labute approximate surface area is 91.8 Å². The summed E-state index contributed by atoms with van der Waals surface area (Å²) in [5.41, 5.74) is 0. The molecule has 0 aliphatic carbocycles. The molecule has 0 atom stereocenters. The number of carboxylic acids is 1. The van der Waals surface area contributed by atoms with Crippen molar-refractivity contribution in [3.8, 4) is 0 Å². The van der Waals surface area contributed by atoms with Crippen LogP contribution in [0.15, 0.2) is 12.7 Å². The van der Waals surface area contributed by atoms with E-state index in [1.807, 2.05) is 0 Å². The normalized spacial score (nSPS) is 9.81. The van der Waals surface area contributed by atoms with Crippen LogP contribution in [0.5, 0.6) is 0 Å². The first-order valence-corrected chi connectivity index (χ1v) is 4.55. The zero-order chi connectivity index (χ0) is 12.1. The summed E-state index contributed by atoms with van der Waals surface area (Å²) < 4.78 is 0. The van der Waals surface area contributed by atoms with Crippen molar-refractivity contribution >= 4 is 11.9 Å². The van der Waals surface area contributed by atoms with Gasteiger partial charge >= 0.3 is 5.97 Å². The molecule has 0 aromatic carbocycles. The molecule has 16 heavy (non-hydrogen) atoms. The van der Waals surface area contributed by atoms with Crippen molar-refractivity contribution in [2.24, 2.45) is 0 Å². The summed E-state index contributed by atoms with van der Waals surface area (Å²) in [6.45, 7) is 4.84. The number of nitrogens with one attached hydrogen (secondary N) is 1. The van der Waals surface area contributed by atoms with Crippen molar-refractivity contribution in [1.82, 2.24) is 20.1 Å². The van der Waals surface area contributed by atoms with Crippen molar-refractivity contribution in [1.29, 1.82) is 0 Å². The molecule has 7 nitrogen and oxygen atoms in total. The highest BCUT2D eigenvalue weighted by Crippen LogP contribution is 1.99. The molecule has 0 bridgehead atoms. The molecule has 7 heteroatoms. The number of aliphatic carboxylic acids is 1. The second-order valence-corrected chi connectivity index (χ2v) is 3.11. The van der Waals surface area contributed by atoms with Gasteiger partial charge < -0.3 is 10.0 Å². The van der Waals surface area contributed by atoms with E-state index in [-0.39, 0.29) is 12.4 Å². The maximum absolute atomic E-state index is 11.8. The zero-order valence-corrected chi connectivity index (χ0v) is 8.80. The quantitative estimate of drug-likeness (QED) is 0.676. The van der Waals surface area contributed by atoms with Crippen LogP contribution in [0.4, 0.5) is 0 Å². The zero-order valence-electron chi connectivity index (χ0n) is 8.80. The van der Waals surface area contributed by atoms with Crippen LogP contribution in [0.3, 0.4) is 0 Å². The highest BCUT2D eigenvalue weighted by molar-refractivity contribution is 5.92. The van der Waals surface area contributed by atoms with Gasteiger partial charge in [-0.25, -0.2) is 4.98 Å². The van der Waals surface area contributed by atoms with E-state index in [0.717, 1.165) is 4.90 Å². The number of hydrogen-bond donors (Lipinski definition) is 2. The summed E-state index contributed by atoms with van der Waals surface area (Å²) in [7, 11) is 0. The number of aryl methyl sites for hydroxylation is 1. The third kappa shape index (κ3) is 2.91. The molecular formula is C9H12N4O3. The molecule has 2 N–H and O–H groups in total. The molecular weight excluding hydrogens is 212 g/mol. The van der Waals surface area contributed by atoms with Gasteiger partial charge in [0.2, 0.25) is 5.82 Å². The third-order valence-corrected chi connectivity index (χ3v) is 1.75. The van der Waals surface area contributed by atoms with E-state index >= 15 is 0 Å². The predicted octanol–water partition coefficient (Wildman–Crippen LogP) is -0.174. The van der Waals surface area contributed by atoms with Gasteiger partial charge in [0, 0.05) is 6.54 Å². The van der Waals surface area contributed by atoms with Gasteiger partial charge in [0.1, 0.15) is 12.4 Å². The number of amides is 1. The van der Waals surface area contributed by atoms with Crippen LogP contribution in [-0.2, 0) is 4.79 Å². The molecule has 1 heterocycles. The van der Waals surface area contributed by atoms with Crippen molar-refractivity contribution < 1.29 is 14.7 Å². The van der Waals surface area contributed by atoms with Crippen LogP contribution in [0.2, 0.25) is 0 Å². The van der Waals surface area contributed by atoms with Crippen LogP contribution in [-0.4, -0.2) is 50.2 Å². The molecule has 0 aliphatic heterocycles. The molecule has 0 fully saturated rings. The number of carboxylic acid groups (broad SMARTS) is 1. The first kappa shape index (κ1) is 11.9. The summed E-state index contributed by atoms with van der Waals surface area (Å²) in [5, 5.41) is 14.8. The van der Waals surface area contributed by atoms with Crippen LogP contribution in [0.1, 0.15) is 16.4 Å². The summed E-state index contributed by atoms with van der Waals surface area (Å²) in [6, 6.07) is 0. The Balaban J connectivity index is 2.81. The lowest BCUT2D eigenvalue weighted by atomic mass is 10.4. The molecule has 1 rings (SSSR count). The predicted molar refractivity (Wildman–Crippen MR) is 54.9 cm³/mol. The lowest BCUT2D eigenvalue weighted by Gasteiger charge is -2.16. The van der Waals surface area contributed by atoms with E-state index in [1.165, 1.54) is 6.08 Å². The average molecular weight is 224 g/mol. The molecule has 0 radical (unpaired) electrons. The van der Waals surface area contributed by atoms with Crippen LogP contribution < -0.4 is 0 Å². The Hall–Kier alpha value is -2.18. The van der Waals surface area contributed by atoms with E-state index < -0.39 is 18.4 Å². The highest BCUT2D eigenvalue weighted by Gasteiger charge is 2.20. The van der Waals surface area contributed by atoms with E-state index in [9.17, 15) is 9.59 Å². The van der Waals surface area contributed by atoms with Crippen molar-refractivity contribution in [3.05, 3.63) is 24.3 Å². The van der Waals surface area contributed by atoms with Gasteiger partial charge in [0.05, 0.1) is 0 Å². The Bertz CT molecular complexity index is 413. The Morgan fingerprint density at radius 3 is 2.75 bits per heavy atom. The van der Waals surface area contributed by atoms with Gasteiger partial charge in [-0.2, -0.15) is 0 Å². The number of hydrogen-bond acceptors (Lipinski definition) is 4. The number of aromatic nitrogens is 3. The van der Waals surface area contributed by atoms with Gasteiger partial charge in [-0.1, -0.05) is 6.08 Å². The standard InChI is InChI=1S/C9H12N4O3/c1-3-4-13(5-7(14)15)9(16)8-10-6(2)11-12-8/h3H,1,4-5H2,2H3,(H,14,15)(H,10,11,12). The van der Waals surface area contributed by atoms with Gasteiger partial charge in [0.15, 0.2) is 0 Å². The highest BCUT2D eigenvalue weighted by atomic mass is 16.4. The number of nitrogens with zero attached hydrogens (tertiary/aromatic N) is 3. The van der Waals surface area contributed by atoms with E-state index in [1.54, 1.807) is 6.92 Å². The molecule has 0 aliphatic rings. The van der Waals surface area contributed by atoms with Crippen molar-refractivity contribution in [2.45, 2.75) is 6.92 Å². The molecule has 0 saturated heterocycles. The molecule has 0 saturated carbocycles. The van der Waals surface area contributed by atoms with Crippen LogP contribution >= 0.6 is 0 Å². The fourth-order valence-corrected chi connectivity index (χ4v) is 1.12. The minimum Gasteiger partial charge on any atom is -0.480 e. The first-order chi connectivity index (χ1) is 7.54. The van der Waals surface area contributed by atoms with E-state index in [0.29, 0.717) is 5.82 Å². The third-order valence-electron chi connectivity index (χ3n) is 1.75. The Kier molecular flexibility index (Phi) is 3.76. The molecule has 1 amide bonds. The number of aromatic amines is 1. The van der Waals surface area contributed by atoms with E-state index in [4.69, 9.17) is 5.11 Å². The largest absolute Gasteiger partial charge is 0.480 e. The second kappa shape index (κ2) is 5.06. The molecule has 86 valence electrons. The minimum absolute atomic E-state index is 0.0411. The Morgan fingerprint density at radius 2 is 2.31 bits per heavy atom. The van der Waals surface area contributed by atoms with Crippen LogP contribution in [0.25, 0.3) is 0 Å². The number of carbonyl (C=O) groups is 2. The first-order valence-electron chi connectivity index (χ1n) is 4.55. The fourth-order valence-electron chi connectivity index (χ4n) is 1.12. The molecule has 0 spiro atoms. The van der Waals surface area contributed by atoms with Crippen molar-refractivity contribution in [2.75, 3.05) is 13.1 Å². The molecule has 0 unspecified atom stereocenters. The van der Waals surface area contributed by atoms with Gasteiger partial charge in [-0.05, 0) is 6.92 Å². The monoisotopic (exact) mass is 224 g/mol. The fraction of sp³-hybridized carbons (Fsp3) is 0.333. The summed E-state index contributed by atoms with van der Waals surface area (Å²) in [5.74, 6) is -1.17. The SMILES string of the molecule is C=CCN(CC(=O)O)C(=O)c1n[nH]c(C)n1. The van der Waals surface area contributed by atoms with Crippen molar-refractivity contribution in [3.63, 3.8) is 0 Å². The topological polar surface area (TPSA) is 99.2 Å². The van der Waals surface area contributed by atoms with Gasteiger partial charge in [-0.15, -0.1) is 11.7 Å². The number of carbonyl (C=O) groups excluding carboxylic acids is 1. The average Bonchev–Trinajstić information content (AvgIpc) is 2.62. The lowest BCUT2D eigenvalue weighted by Crippen LogP contribution is -2.36. The summed E-state index contributed by atoms with van der Waals surface area (Å²) in [4.78, 5) is 27.2. The van der Waals surface area contributed by atoms with E-state index in [2.05, 4.69) is 21.8 Å². The van der Waals surface area contributed by atoms with Gasteiger partial charge in [0.25, 0.3) is 5.91 Å². The molecule has 1 aromatic rings. The smallest absolute Gasteiger partial charge is 0.323 e. The number of rotatable bonds is 5. The molecule has 1 aromatic heterocycles. The Morgan fingerprint density at radius 1 is 1.62 bits per heavy atom. The minimum atomic E-state index is -1.09. The maximum Gasteiger partial charge on any atom is 0.323 e. The van der Waals surface area contributed by atoms with Crippen LogP contribution in [0, 0.1) is 6.92 Å². The summed E-state index contributed by atoms with van der Waals surface area (Å²) >= 11 is 0. The summed E-state index contributed by atoms with van der Waals surface area (Å²) in [6.07, 6.45) is 1.44. The second-order valence-electron chi connectivity index (χ2n) is 3.11. The lowest BCUT2D eigenvalue weighted by molar-refractivity contribution is -0.137. The van der Waals surface area contributed by atoms with Gasteiger partial charge in [-0.3, -0.25) is 14.7 Å². The maximum atomic E-state index is 11.8.